The van der Waals surface area contributed by atoms with Gasteiger partial charge >= 0.3 is 6.18 Å². The Kier molecular flexibility index (Phi) is 4.09. The van der Waals surface area contributed by atoms with Gasteiger partial charge in [0.1, 0.15) is 0 Å². The molecule has 0 saturated carbocycles. The molecule has 0 bridgehead atoms. The van der Waals surface area contributed by atoms with E-state index in [1.165, 1.54) is 18.2 Å². The number of carbonyl (C=O) groups is 1. The summed E-state index contributed by atoms with van der Waals surface area (Å²) in [7, 11) is 0. The molecular weight excluding hydrogens is 257 g/mol. The number of benzene rings is 1. The largest absolute Gasteiger partial charge is 0.393 e. The molecule has 1 aliphatic rings. The number of amides is 1. The second-order valence-electron chi connectivity index (χ2n) is 4.67. The van der Waals surface area contributed by atoms with Crippen LogP contribution in [0.25, 0.3) is 0 Å². The van der Waals surface area contributed by atoms with Crippen molar-refractivity contribution < 1.29 is 18.0 Å². The van der Waals surface area contributed by atoms with Crippen LogP contribution >= 0.6 is 0 Å². The van der Waals surface area contributed by atoms with Gasteiger partial charge in [0, 0.05) is 12.2 Å². The van der Waals surface area contributed by atoms with Crippen molar-refractivity contribution in [3.8, 4) is 0 Å². The molecule has 3 nitrogen and oxygen atoms in total. The number of rotatable bonds is 3. The third-order valence-electron chi connectivity index (χ3n) is 3.03. The zero-order valence-corrected chi connectivity index (χ0v) is 10.3. The van der Waals surface area contributed by atoms with Crippen molar-refractivity contribution in [1.29, 1.82) is 0 Å². The third-order valence-corrected chi connectivity index (χ3v) is 3.03. The number of hydrogen-bond donors (Lipinski definition) is 2. The van der Waals surface area contributed by atoms with Gasteiger partial charge in [-0.15, -0.1) is 0 Å². The fraction of sp³-hybridized carbons (Fsp3) is 0.462. The first-order valence-corrected chi connectivity index (χ1v) is 6.11. The predicted octanol–water partition coefficient (Wildman–Crippen LogP) is 2.34. The van der Waals surface area contributed by atoms with Crippen molar-refractivity contribution in [2.75, 3.05) is 18.4 Å². The Morgan fingerprint density at radius 3 is 2.84 bits per heavy atom. The summed E-state index contributed by atoms with van der Waals surface area (Å²) >= 11 is 0. The van der Waals surface area contributed by atoms with E-state index in [2.05, 4.69) is 10.6 Å². The standard InChI is InChI=1S/C13H15F3N2O/c14-13(15,16)7-9-2-1-3-11(6-9)18-12(19)10-4-5-17-8-10/h1-3,6,10,17H,4-5,7-8H2,(H,18,19). The highest BCUT2D eigenvalue weighted by molar-refractivity contribution is 5.92. The fourth-order valence-electron chi connectivity index (χ4n) is 2.11. The molecule has 0 aliphatic carbocycles. The molecule has 2 N–H and O–H groups in total. The molecule has 1 amide bonds. The number of hydrogen-bond acceptors (Lipinski definition) is 2. The Hall–Kier alpha value is -1.56. The molecule has 1 aliphatic heterocycles. The fourth-order valence-corrected chi connectivity index (χ4v) is 2.11. The molecule has 1 atom stereocenters. The van der Waals surface area contributed by atoms with E-state index in [9.17, 15) is 18.0 Å². The molecule has 1 heterocycles. The molecule has 0 aromatic heterocycles. The molecule has 1 unspecified atom stereocenters. The van der Waals surface area contributed by atoms with Crippen LogP contribution in [0, 0.1) is 5.92 Å². The zero-order valence-electron chi connectivity index (χ0n) is 10.3. The third kappa shape index (κ3) is 4.24. The molecule has 19 heavy (non-hydrogen) atoms. The van der Waals surface area contributed by atoms with Crippen LogP contribution in [0.2, 0.25) is 0 Å². The second-order valence-corrected chi connectivity index (χ2v) is 4.67. The summed E-state index contributed by atoms with van der Waals surface area (Å²) < 4.78 is 36.9. The molecule has 6 heteroatoms. The first-order valence-electron chi connectivity index (χ1n) is 6.11. The lowest BCUT2D eigenvalue weighted by Crippen LogP contribution is -2.24. The molecule has 0 radical (unpaired) electrons. The molecule has 2 rings (SSSR count). The minimum Gasteiger partial charge on any atom is -0.326 e. The summed E-state index contributed by atoms with van der Waals surface area (Å²) in [4.78, 5) is 11.8. The summed E-state index contributed by atoms with van der Waals surface area (Å²) in [6.45, 7) is 1.42. The molecule has 1 saturated heterocycles. The van der Waals surface area contributed by atoms with Crippen LogP contribution in [0.5, 0.6) is 0 Å². The Morgan fingerprint density at radius 1 is 1.42 bits per heavy atom. The maximum Gasteiger partial charge on any atom is 0.393 e. The average molecular weight is 272 g/mol. The minimum atomic E-state index is -4.24. The van der Waals surface area contributed by atoms with E-state index in [-0.39, 0.29) is 17.4 Å². The molecule has 104 valence electrons. The maximum absolute atomic E-state index is 12.3. The van der Waals surface area contributed by atoms with Gasteiger partial charge in [0.15, 0.2) is 0 Å². The van der Waals surface area contributed by atoms with Crippen molar-refractivity contribution in [1.82, 2.24) is 5.32 Å². The first kappa shape index (κ1) is 13.9. The van der Waals surface area contributed by atoms with Crippen LogP contribution in [-0.2, 0) is 11.2 Å². The summed E-state index contributed by atoms with van der Waals surface area (Å²) in [5.41, 5.74) is 0.563. The Balaban J connectivity index is 2.00. The highest BCUT2D eigenvalue weighted by atomic mass is 19.4. The van der Waals surface area contributed by atoms with Crippen molar-refractivity contribution >= 4 is 11.6 Å². The van der Waals surface area contributed by atoms with Crippen LogP contribution in [0.1, 0.15) is 12.0 Å². The van der Waals surface area contributed by atoms with Gasteiger partial charge in [-0.2, -0.15) is 13.2 Å². The highest BCUT2D eigenvalue weighted by Crippen LogP contribution is 2.23. The van der Waals surface area contributed by atoms with E-state index < -0.39 is 12.6 Å². The van der Waals surface area contributed by atoms with Gasteiger partial charge in [0.05, 0.1) is 12.3 Å². The number of nitrogens with one attached hydrogen (secondary N) is 2. The van der Waals surface area contributed by atoms with Crippen LogP contribution < -0.4 is 10.6 Å². The lowest BCUT2D eigenvalue weighted by molar-refractivity contribution is -0.127. The highest BCUT2D eigenvalue weighted by Gasteiger charge is 2.28. The van der Waals surface area contributed by atoms with E-state index >= 15 is 0 Å². The maximum atomic E-state index is 12.3. The summed E-state index contributed by atoms with van der Waals surface area (Å²) in [5, 5.41) is 5.74. The van der Waals surface area contributed by atoms with E-state index in [1.807, 2.05) is 0 Å². The van der Waals surface area contributed by atoms with E-state index in [4.69, 9.17) is 0 Å². The van der Waals surface area contributed by atoms with Gasteiger partial charge < -0.3 is 10.6 Å². The molecule has 0 spiro atoms. The number of alkyl halides is 3. The van der Waals surface area contributed by atoms with Crippen molar-refractivity contribution in [3.05, 3.63) is 29.8 Å². The van der Waals surface area contributed by atoms with E-state index in [1.54, 1.807) is 6.07 Å². The van der Waals surface area contributed by atoms with Gasteiger partial charge in [-0.25, -0.2) is 0 Å². The normalized spacial score (nSPS) is 19.4. The van der Waals surface area contributed by atoms with Gasteiger partial charge in [0.25, 0.3) is 0 Å². The smallest absolute Gasteiger partial charge is 0.326 e. The summed E-state index contributed by atoms with van der Waals surface area (Å²) in [6.07, 6.45) is -4.46. The topological polar surface area (TPSA) is 41.1 Å². The number of carbonyl (C=O) groups excluding carboxylic acids is 1. The molecule has 1 aromatic carbocycles. The lowest BCUT2D eigenvalue weighted by Gasteiger charge is -2.11. The van der Waals surface area contributed by atoms with Gasteiger partial charge in [0.2, 0.25) is 5.91 Å². The van der Waals surface area contributed by atoms with Crippen molar-refractivity contribution in [2.24, 2.45) is 5.92 Å². The average Bonchev–Trinajstić information content (AvgIpc) is 2.80. The van der Waals surface area contributed by atoms with Crippen LogP contribution in [0.3, 0.4) is 0 Å². The van der Waals surface area contributed by atoms with Gasteiger partial charge in [-0.1, -0.05) is 12.1 Å². The van der Waals surface area contributed by atoms with Gasteiger partial charge in [-0.3, -0.25) is 4.79 Å². The Morgan fingerprint density at radius 2 is 2.21 bits per heavy atom. The minimum absolute atomic E-state index is 0.105. The lowest BCUT2D eigenvalue weighted by atomic mass is 10.1. The van der Waals surface area contributed by atoms with E-state index in [0.717, 1.165) is 13.0 Å². The quantitative estimate of drug-likeness (QED) is 0.886. The van der Waals surface area contributed by atoms with Crippen molar-refractivity contribution in [2.45, 2.75) is 19.0 Å². The second kappa shape index (κ2) is 5.61. The molecular formula is C13H15F3N2O. The summed E-state index contributed by atoms with van der Waals surface area (Å²) in [6, 6.07) is 5.89. The van der Waals surface area contributed by atoms with E-state index in [0.29, 0.717) is 12.2 Å². The van der Waals surface area contributed by atoms with Gasteiger partial charge in [-0.05, 0) is 30.7 Å². The van der Waals surface area contributed by atoms with Crippen molar-refractivity contribution in [3.63, 3.8) is 0 Å². The molecule has 1 fully saturated rings. The number of halogens is 3. The Bertz CT molecular complexity index is 453. The predicted molar refractivity (Wildman–Crippen MR) is 65.8 cm³/mol. The van der Waals surface area contributed by atoms with Crippen LogP contribution in [0.15, 0.2) is 24.3 Å². The number of anilines is 1. The summed E-state index contributed by atoms with van der Waals surface area (Å²) in [5.74, 6) is -0.250. The zero-order chi connectivity index (χ0) is 13.9. The SMILES string of the molecule is O=C(Nc1cccc(CC(F)(F)F)c1)C1CCNC1. The first-order chi connectivity index (χ1) is 8.94. The molecule has 1 aromatic rings. The van der Waals surface area contributed by atoms with Crippen LogP contribution in [0.4, 0.5) is 18.9 Å². The monoisotopic (exact) mass is 272 g/mol. The Labute approximate surface area is 109 Å². The van der Waals surface area contributed by atoms with Crippen LogP contribution in [-0.4, -0.2) is 25.2 Å².